The highest BCUT2D eigenvalue weighted by atomic mass is 32.2. The molecule has 0 aromatic heterocycles. The van der Waals surface area contributed by atoms with Gasteiger partial charge in [0.25, 0.3) is 0 Å². The van der Waals surface area contributed by atoms with E-state index in [1.54, 1.807) is 17.0 Å². The van der Waals surface area contributed by atoms with Crippen LogP contribution >= 0.6 is 0 Å². The fourth-order valence-corrected chi connectivity index (χ4v) is 5.92. The second-order valence-corrected chi connectivity index (χ2v) is 12.0. The summed E-state index contributed by atoms with van der Waals surface area (Å²) in [5, 5.41) is 3.19. The summed E-state index contributed by atoms with van der Waals surface area (Å²) in [6.07, 6.45) is 7.59. The molecule has 1 unspecified atom stereocenters. The van der Waals surface area contributed by atoms with Gasteiger partial charge < -0.3 is 10.2 Å². The van der Waals surface area contributed by atoms with Crippen molar-refractivity contribution in [2.45, 2.75) is 83.8 Å². The number of hydrogen-bond acceptors (Lipinski definition) is 4. The second kappa shape index (κ2) is 13.6. The molecule has 0 heterocycles. The molecule has 1 atom stereocenters. The molecule has 0 saturated heterocycles. The maximum Gasteiger partial charge on any atom is 0.243 e. The van der Waals surface area contributed by atoms with Crippen molar-refractivity contribution in [3.8, 4) is 0 Å². The first-order chi connectivity index (χ1) is 17.7. The van der Waals surface area contributed by atoms with Crippen LogP contribution in [0.2, 0.25) is 0 Å². The summed E-state index contributed by atoms with van der Waals surface area (Å²) in [5.74, 6) is -0.247. The largest absolute Gasteiger partial charge is 0.352 e. The Balaban J connectivity index is 1.72. The first-order valence-electron chi connectivity index (χ1n) is 13.4. The van der Waals surface area contributed by atoms with Crippen LogP contribution in [0.25, 0.3) is 0 Å². The minimum Gasteiger partial charge on any atom is -0.352 e. The highest BCUT2D eigenvalue weighted by Gasteiger charge is 2.30. The van der Waals surface area contributed by atoms with Crippen LogP contribution in [0.15, 0.2) is 54.6 Å². The van der Waals surface area contributed by atoms with Gasteiger partial charge in [0.2, 0.25) is 21.8 Å². The van der Waals surface area contributed by atoms with E-state index in [-0.39, 0.29) is 30.8 Å². The van der Waals surface area contributed by atoms with E-state index in [1.807, 2.05) is 56.3 Å². The summed E-state index contributed by atoms with van der Waals surface area (Å²) >= 11 is 0. The number of carbonyl (C=O) groups is 2. The van der Waals surface area contributed by atoms with E-state index in [1.165, 1.54) is 17.0 Å². The van der Waals surface area contributed by atoms with Crippen LogP contribution in [-0.2, 0) is 26.2 Å². The van der Waals surface area contributed by atoms with Crippen molar-refractivity contribution in [2.75, 3.05) is 17.1 Å². The lowest BCUT2D eigenvalue weighted by molar-refractivity contribution is -0.141. The molecule has 0 spiro atoms. The van der Waals surface area contributed by atoms with Gasteiger partial charge in [-0.2, -0.15) is 0 Å². The normalized spacial score (nSPS) is 15.1. The number of nitrogens with one attached hydrogen (secondary N) is 1. The smallest absolute Gasteiger partial charge is 0.243 e. The molecular formula is C29H41N3O4S. The van der Waals surface area contributed by atoms with Crippen molar-refractivity contribution in [1.29, 1.82) is 0 Å². The van der Waals surface area contributed by atoms with Crippen molar-refractivity contribution in [3.63, 3.8) is 0 Å². The molecule has 1 saturated carbocycles. The molecule has 1 aliphatic rings. The Hall–Kier alpha value is -2.87. The first-order valence-corrected chi connectivity index (χ1v) is 15.2. The van der Waals surface area contributed by atoms with Gasteiger partial charge in [-0.15, -0.1) is 0 Å². The van der Waals surface area contributed by atoms with Gasteiger partial charge in [-0.3, -0.25) is 13.9 Å². The van der Waals surface area contributed by atoms with Gasteiger partial charge in [0.15, 0.2) is 0 Å². The summed E-state index contributed by atoms with van der Waals surface area (Å²) in [7, 11) is -3.50. The Bertz CT molecular complexity index is 1110. The summed E-state index contributed by atoms with van der Waals surface area (Å²) in [6, 6.07) is 16.6. The summed E-state index contributed by atoms with van der Waals surface area (Å²) in [4.78, 5) is 28.5. The summed E-state index contributed by atoms with van der Waals surface area (Å²) < 4.78 is 26.3. The molecule has 1 aliphatic carbocycles. The van der Waals surface area contributed by atoms with Crippen molar-refractivity contribution >= 4 is 27.5 Å². The molecule has 1 N–H and O–H groups in total. The lowest BCUT2D eigenvalue weighted by Gasteiger charge is -2.33. The Morgan fingerprint density at radius 2 is 1.65 bits per heavy atom. The Kier molecular flexibility index (Phi) is 10.6. The van der Waals surface area contributed by atoms with Crippen molar-refractivity contribution in [2.24, 2.45) is 0 Å². The van der Waals surface area contributed by atoms with E-state index in [4.69, 9.17) is 0 Å². The van der Waals surface area contributed by atoms with Gasteiger partial charge in [-0.05, 0) is 50.3 Å². The average Bonchev–Trinajstić information content (AvgIpc) is 2.87. The van der Waals surface area contributed by atoms with Crippen LogP contribution in [0.4, 0.5) is 5.69 Å². The molecule has 7 nitrogen and oxygen atoms in total. The molecule has 8 heteroatoms. The monoisotopic (exact) mass is 527 g/mol. The number of carbonyl (C=O) groups excluding carboxylic acids is 2. The lowest BCUT2D eigenvalue weighted by Crippen LogP contribution is -2.51. The molecule has 2 amide bonds. The molecule has 202 valence electrons. The van der Waals surface area contributed by atoms with Crippen molar-refractivity contribution in [1.82, 2.24) is 10.2 Å². The number of nitrogens with zero attached hydrogens (tertiary/aromatic N) is 2. The van der Waals surface area contributed by atoms with Crippen LogP contribution in [0.1, 0.15) is 69.4 Å². The molecule has 3 rings (SSSR count). The maximum absolute atomic E-state index is 13.5. The third-order valence-electron chi connectivity index (χ3n) is 7.01. The summed E-state index contributed by atoms with van der Waals surface area (Å²) in [5.41, 5.74) is 2.58. The van der Waals surface area contributed by atoms with Gasteiger partial charge in [0.05, 0.1) is 11.9 Å². The van der Waals surface area contributed by atoms with Crippen molar-refractivity contribution in [3.05, 3.63) is 65.7 Å². The number of anilines is 1. The fraction of sp³-hybridized carbons (Fsp3) is 0.517. The molecule has 0 radical (unpaired) electrons. The first kappa shape index (κ1) is 28.7. The van der Waals surface area contributed by atoms with Gasteiger partial charge in [0, 0.05) is 25.6 Å². The van der Waals surface area contributed by atoms with E-state index in [0.29, 0.717) is 25.1 Å². The number of aryl methyl sites for hydroxylation is 1. The Morgan fingerprint density at radius 3 is 2.24 bits per heavy atom. The van der Waals surface area contributed by atoms with Gasteiger partial charge in [-0.25, -0.2) is 8.42 Å². The molecular weight excluding hydrogens is 486 g/mol. The Labute approximate surface area is 222 Å². The molecule has 2 aromatic rings. The predicted molar refractivity (Wildman–Crippen MR) is 149 cm³/mol. The van der Waals surface area contributed by atoms with Crippen LogP contribution in [0.3, 0.4) is 0 Å². The SMILES string of the molecule is CCC(C(=O)NC1CCCCC1)N(Cc1ccccc1)C(=O)CCCN(c1ccc(C)cc1)S(C)(=O)=O. The fourth-order valence-electron chi connectivity index (χ4n) is 4.96. The van der Waals surface area contributed by atoms with E-state index in [0.717, 1.165) is 36.8 Å². The van der Waals surface area contributed by atoms with Crippen LogP contribution in [0, 0.1) is 6.92 Å². The molecule has 1 fully saturated rings. The second-order valence-electron chi connectivity index (χ2n) is 10.0. The Morgan fingerprint density at radius 1 is 1.00 bits per heavy atom. The zero-order valence-corrected chi connectivity index (χ0v) is 23.2. The minimum absolute atomic E-state index is 0.101. The van der Waals surface area contributed by atoms with Gasteiger partial charge >= 0.3 is 0 Å². The predicted octanol–water partition coefficient (Wildman–Crippen LogP) is 4.80. The standard InChI is InChI=1S/C29H41N3O4S/c1-4-27(29(34)30-25-14-9-6-10-15-25)31(22-24-12-7-5-8-13-24)28(33)16-11-21-32(37(3,35)36)26-19-17-23(2)18-20-26/h5,7-8,12-13,17-20,25,27H,4,6,9-11,14-16,21-22H2,1-3H3,(H,30,34). The van der Waals surface area contributed by atoms with Crippen LogP contribution in [0.5, 0.6) is 0 Å². The van der Waals surface area contributed by atoms with E-state index >= 15 is 0 Å². The third kappa shape index (κ3) is 8.59. The highest BCUT2D eigenvalue weighted by molar-refractivity contribution is 7.92. The zero-order valence-electron chi connectivity index (χ0n) is 22.4. The minimum atomic E-state index is -3.50. The lowest BCUT2D eigenvalue weighted by atomic mass is 9.95. The number of benzene rings is 2. The molecule has 0 aliphatic heterocycles. The number of sulfonamides is 1. The van der Waals surface area contributed by atoms with Crippen LogP contribution < -0.4 is 9.62 Å². The zero-order chi connectivity index (χ0) is 26.8. The average molecular weight is 528 g/mol. The van der Waals surface area contributed by atoms with E-state index in [2.05, 4.69) is 5.32 Å². The van der Waals surface area contributed by atoms with Gasteiger partial charge in [-0.1, -0.05) is 74.2 Å². The maximum atomic E-state index is 13.5. The topological polar surface area (TPSA) is 86.8 Å². The number of hydrogen-bond donors (Lipinski definition) is 1. The molecule has 2 aromatic carbocycles. The van der Waals surface area contributed by atoms with E-state index < -0.39 is 16.1 Å². The highest BCUT2D eigenvalue weighted by Crippen LogP contribution is 2.21. The van der Waals surface area contributed by atoms with E-state index in [9.17, 15) is 18.0 Å². The molecule has 37 heavy (non-hydrogen) atoms. The quantitative estimate of drug-likeness (QED) is 0.430. The van der Waals surface area contributed by atoms with Crippen molar-refractivity contribution < 1.29 is 18.0 Å². The third-order valence-corrected chi connectivity index (χ3v) is 8.20. The molecule has 0 bridgehead atoms. The van der Waals surface area contributed by atoms with Gasteiger partial charge in [0.1, 0.15) is 6.04 Å². The summed E-state index contributed by atoms with van der Waals surface area (Å²) in [6.45, 7) is 4.41. The number of amides is 2. The number of rotatable bonds is 12. The van der Waals surface area contributed by atoms with Crippen LogP contribution in [-0.4, -0.2) is 50.0 Å².